The number of nitro groups is 1. The van der Waals surface area contributed by atoms with Gasteiger partial charge in [0.2, 0.25) is 6.54 Å². The Morgan fingerprint density at radius 3 is 2.50 bits per heavy atom. The topological polar surface area (TPSA) is 83.1 Å². The summed E-state index contributed by atoms with van der Waals surface area (Å²) in [5.41, 5.74) is 2.26. The van der Waals surface area contributed by atoms with Crippen molar-refractivity contribution in [2.45, 2.75) is 23.9 Å². The molecule has 7 nitrogen and oxygen atoms in total. The van der Waals surface area contributed by atoms with E-state index in [1.807, 2.05) is 30.3 Å². The Bertz CT molecular complexity index is 1280. The van der Waals surface area contributed by atoms with Crippen molar-refractivity contribution < 1.29 is 14.1 Å². The van der Waals surface area contributed by atoms with Gasteiger partial charge in [-0.3, -0.25) is 14.7 Å². The maximum atomic E-state index is 13.4. The fourth-order valence-corrected chi connectivity index (χ4v) is 4.72. The van der Waals surface area contributed by atoms with Crippen molar-refractivity contribution in [2.24, 2.45) is 0 Å². The molecule has 0 radical (unpaired) electrons. The molecule has 0 bridgehead atoms. The third kappa shape index (κ3) is 5.73. The van der Waals surface area contributed by atoms with Crippen LogP contribution in [0.2, 0.25) is 5.02 Å². The van der Waals surface area contributed by atoms with Crippen LogP contribution in [-0.4, -0.2) is 26.2 Å². The molecule has 0 aliphatic rings. The standard InChI is InChI=1S/C24H20ClFN4O3S/c1-16-27-28-24(30(16)20-12-10-19(26)11-13-20)34-23(14-29(31)32)21-4-2-3-5-22(21)33-15-17-6-8-18(25)9-7-17/h2-13,23H,14-15H2,1H3/t23-/m0/s1. The minimum absolute atomic E-state index is 0.287. The van der Waals surface area contributed by atoms with Gasteiger partial charge in [-0.2, -0.15) is 0 Å². The molecule has 1 atom stereocenters. The number of benzene rings is 3. The van der Waals surface area contributed by atoms with Crippen LogP contribution in [0, 0.1) is 22.9 Å². The number of halogens is 2. The van der Waals surface area contributed by atoms with Crippen molar-refractivity contribution in [3.63, 3.8) is 0 Å². The molecular weight excluding hydrogens is 479 g/mol. The van der Waals surface area contributed by atoms with E-state index in [0.29, 0.717) is 33.0 Å². The summed E-state index contributed by atoms with van der Waals surface area (Å²) < 4.78 is 21.2. The highest BCUT2D eigenvalue weighted by Crippen LogP contribution is 2.40. The summed E-state index contributed by atoms with van der Waals surface area (Å²) in [6.45, 7) is 1.71. The van der Waals surface area contributed by atoms with Crippen molar-refractivity contribution >= 4 is 23.4 Å². The molecule has 0 spiro atoms. The van der Waals surface area contributed by atoms with Crippen LogP contribution in [0.3, 0.4) is 0 Å². The highest BCUT2D eigenvalue weighted by Gasteiger charge is 2.26. The number of rotatable bonds is 9. The van der Waals surface area contributed by atoms with Gasteiger partial charge in [0.25, 0.3) is 0 Å². The van der Waals surface area contributed by atoms with Gasteiger partial charge in [-0.15, -0.1) is 10.2 Å². The second-order valence-electron chi connectivity index (χ2n) is 7.42. The number of nitrogens with zero attached hydrogens (tertiary/aromatic N) is 4. The fraction of sp³-hybridized carbons (Fsp3) is 0.167. The maximum Gasteiger partial charge on any atom is 0.220 e. The summed E-state index contributed by atoms with van der Waals surface area (Å²) in [6.07, 6.45) is 0. The third-order valence-electron chi connectivity index (χ3n) is 5.02. The largest absolute Gasteiger partial charge is 0.489 e. The van der Waals surface area contributed by atoms with Gasteiger partial charge in [0.1, 0.15) is 29.2 Å². The van der Waals surface area contributed by atoms with E-state index in [1.165, 1.54) is 23.9 Å². The number of ether oxygens (including phenoxy) is 1. The van der Waals surface area contributed by atoms with E-state index in [-0.39, 0.29) is 23.9 Å². The second kappa shape index (κ2) is 10.7. The van der Waals surface area contributed by atoms with E-state index < -0.39 is 5.25 Å². The molecule has 0 aliphatic heterocycles. The first-order valence-electron chi connectivity index (χ1n) is 10.3. The minimum atomic E-state index is -0.598. The molecule has 4 aromatic rings. The lowest BCUT2D eigenvalue weighted by Crippen LogP contribution is -2.12. The molecule has 3 aromatic carbocycles. The molecule has 0 unspecified atom stereocenters. The average molecular weight is 499 g/mol. The first kappa shape index (κ1) is 23.7. The Balaban J connectivity index is 1.63. The zero-order chi connectivity index (χ0) is 24.1. The van der Waals surface area contributed by atoms with Crippen molar-refractivity contribution in [1.29, 1.82) is 0 Å². The van der Waals surface area contributed by atoms with Crippen LogP contribution in [0.1, 0.15) is 22.2 Å². The predicted octanol–water partition coefficient (Wildman–Crippen LogP) is 6.06. The summed E-state index contributed by atoms with van der Waals surface area (Å²) in [4.78, 5) is 11.2. The molecule has 34 heavy (non-hydrogen) atoms. The molecule has 1 heterocycles. The van der Waals surface area contributed by atoms with Crippen LogP contribution in [-0.2, 0) is 6.61 Å². The second-order valence-corrected chi connectivity index (χ2v) is 9.02. The maximum absolute atomic E-state index is 13.4. The lowest BCUT2D eigenvalue weighted by Gasteiger charge is -2.18. The van der Waals surface area contributed by atoms with Crippen molar-refractivity contribution in [3.05, 3.63) is 111 Å². The van der Waals surface area contributed by atoms with E-state index in [2.05, 4.69) is 10.2 Å². The van der Waals surface area contributed by atoms with Crippen molar-refractivity contribution in [2.75, 3.05) is 6.54 Å². The van der Waals surface area contributed by atoms with Crippen LogP contribution in [0.4, 0.5) is 4.39 Å². The van der Waals surface area contributed by atoms with Crippen LogP contribution < -0.4 is 4.74 Å². The number of aromatic nitrogens is 3. The van der Waals surface area contributed by atoms with E-state index in [9.17, 15) is 14.5 Å². The van der Waals surface area contributed by atoms with Crippen molar-refractivity contribution in [1.82, 2.24) is 14.8 Å². The van der Waals surface area contributed by atoms with E-state index in [0.717, 1.165) is 5.56 Å². The summed E-state index contributed by atoms with van der Waals surface area (Å²) in [7, 11) is 0. The summed E-state index contributed by atoms with van der Waals surface area (Å²) in [6, 6.07) is 20.4. The molecule has 174 valence electrons. The fourth-order valence-electron chi connectivity index (χ4n) is 3.39. The minimum Gasteiger partial charge on any atom is -0.489 e. The van der Waals surface area contributed by atoms with Gasteiger partial charge >= 0.3 is 0 Å². The summed E-state index contributed by atoms with van der Waals surface area (Å²) in [5.74, 6) is 0.768. The average Bonchev–Trinajstić information content (AvgIpc) is 3.18. The van der Waals surface area contributed by atoms with Gasteiger partial charge in [0.15, 0.2) is 5.16 Å². The first-order chi connectivity index (χ1) is 16.4. The summed E-state index contributed by atoms with van der Waals surface area (Å²) in [5, 5.41) is 20.4. The lowest BCUT2D eigenvalue weighted by molar-refractivity contribution is -0.479. The third-order valence-corrected chi connectivity index (χ3v) is 6.43. The smallest absolute Gasteiger partial charge is 0.220 e. The predicted molar refractivity (Wildman–Crippen MR) is 129 cm³/mol. The monoisotopic (exact) mass is 498 g/mol. The molecule has 0 saturated heterocycles. The van der Waals surface area contributed by atoms with Gasteiger partial charge < -0.3 is 4.74 Å². The van der Waals surface area contributed by atoms with Crippen LogP contribution in [0.15, 0.2) is 78.0 Å². The highest BCUT2D eigenvalue weighted by molar-refractivity contribution is 7.99. The molecule has 0 fully saturated rings. The van der Waals surface area contributed by atoms with Crippen LogP contribution in [0.25, 0.3) is 5.69 Å². The summed E-state index contributed by atoms with van der Waals surface area (Å²) >= 11 is 7.16. The Hall–Kier alpha value is -3.43. The molecule has 10 heteroatoms. The number of thioether (sulfide) groups is 1. The number of aryl methyl sites for hydroxylation is 1. The quantitative estimate of drug-likeness (QED) is 0.158. The number of para-hydroxylation sites is 1. The van der Waals surface area contributed by atoms with Gasteiger partial charge in [-0.25, -0.2) is 4.39 Å². The lowest BCUT2D eigenvalue weighted by atomic mass is 10.1. The Labute approximate surface area is 204 Å². The van der Waals surface area contributed by atoms with E-state index in [1.54, 1.807) is 41.8 Å². The normalized spacial score (nSPS) is 11.9. The van der Waals surface area contributed by atoms with Gasteiger partial charge in [0.05, 0.1) is 0 Å². The highest BCUT2D eigenvalue weighted by atomic mass is 35.5. The number of hydrogen-bond donors (Lipinski definition) is 0. The molecule has 0 N–H and O–H groups in total. The molecule has 0 amide bonds. The first-order valence-corrected chi connectivity index (χ1v) is 11.6. The van der Waals surface area contributed by atoms with Gasteiger partial charge in [0, 0.05) is 21.2 Å². The molecule has 1 aromatic heterocycles. The Kier molecular flexibility index (Phi) is 7.44. The van der Waals surface area contributed by atoms with Crippen LogP contribution >= 0.6 is 23.4 Å². The van der Waals surface area contributed by atoms with Crippen LogP contribution in [0.5, 0.6) is 5.75 Å². The van der Waals surface area contributed by atoms with Gasteiger partial charge in [-0.05, 0) is 55.0 Å². The van der Waals surface area contributed by atoms with E-state index >= 15 is 0 Å². The van der Waals surface area contributed by atoms with E-state index in [4.69, 9.17) is 16.3 Å². The van der Waals surface area contributed by atoms with Crippen molar-refractivity contribution in [3.8, 4) is 11.4 Å². The van der Waals surface area contributed by atoms with Gasteiger partial charge in [-0.1, -0.05) is 53.7 Å². The number of hydrogen-bond acceptors (Lipinski definition) is 6. The Morgan fingerprint density at radius 2 is 1.79 bits per heavy atom. The molecule has 4 rings (SSSR count). The zero-order valence-electron chi connectivity index (χ0n) is 18.1. The zero-order valence-corrected chi connectivity index (χ0v) is 19.7. The Morgan fingerprint density at radius 1 is 1.09 bits per heavy atom. The SMILES string of the molecule is Cc1nnc(S[C@@H](C[N+](=O)[O-])c2ccccc2OCc2ccc(Cl)cc2)n1-c1ccc(F)cc1. The molecule has 0 saturated carbocycles. The molecule has 0 aliphatic carbocycles. The molecular formula is C24H20ClFN4O3S.